The van der Waals surface area contributed by atoms with E-state index in [1.54, 1.807) is 6.20 Å². The van der Waals surface area contributed by atoms with Crippen LogP contribution in [-0.2, 0) is 9.53 Å². The molecule has 1 unspecified atom stereocenters. The molecule has 0 saturated carbocycles. The third-order valence-electron chi connectivity index (χ3n) is 2.84. The van der Waals surface area contributed by atoms with Crippen molar-refractivity contribution in [2.24, 2.45) is 0 Å². The van der Waals surface area contributed by atoms with Gasteiger partial charge in [0.25, 0.3) is 0 Å². The van der Waals surface area contributed by atoms with Gasteiger partial charge in [-0.1, -0.05) is 6.92 Å². The Bertz CT molecular complexity index is 520. The van der Waals surface area contributed by atoms with E-state index in [9.17, 15) is 4.79 Å². The zero-order valence-corrected chi connectivity index (χ0v) is 10.9. The van der Waals surface area contributed by atoms with Gasteiger partial charge in [-0.3, -0.25) is 0 Å². The van der Waals surface area contributed by atoms with E-state index in [1.165, 1.54) is 13.5 Å². The number of esters is 1. The summed E-state index contributed by atoms with van der Waals surface area (Å²) in [7, 11) is 1.39. The van der Waals surface area contributed by atoms with Crippen LogP contribution in [0.15, 0.2) is 41.3 Å². The predicted molar refractivity (Wildman–Crippen MR) is 71.7 cm³/mol. The molecule has 0 aliphatic heterocycles. The normalized spacial score (nSPS) is 11.9. The van der Waals surface area contributed by atoms with E-state index in [0.29, 0.717) is 12.2 Å². The molecule has 0 spiro atoms. The fourth-order valence-corrected chi connectivity index (χ4v) is 1.76. The van der Waals surface area contributed by atoms with Crippen molar-refractivity contribution in [2.45, 2.75) is 19.4 Å². The van der Waals surface area contributed by atoms with Crippen LogP contribution in [0.2, 0.25) is 0 Å². The predicted octanol–water partition coefficient (Wildman–Crippen LogP) is 2.71. The smallest absolute Gasteiger partial charge is 0.328 e. The van der Waals surface area contributed by atoms with E-state index >= 15 is 0 Å². The number of anilines is 1. The molecular weight excluding hydrogens is 244 g/mol. The Morgan fingerprint density at radius 1 is 1.42 bits per heavy atom. The average molecular weight is 260 g/mol. The Hall–Kier alpha value is -2.30. The molecule has 5 nitrogen and oxygen atoms in total. The highest BCUT2D eigenvalue weighted by Gasteiger charge is 2.16. The summed E-state index contributed by atoms with van der Waals surface area (Å²) >= 11 is 0. The summed E-state index contributed by atoms with van der Waals surface area (Å²) in [6.07, 6.45) is 3.72. The van der Waals surface area contributed by atoms with E-state index in [1.807, 2.05) is 31.2 Å². The third kappa shape index (κ3) is 3.13. The second-order valence-electron chi connectivity index (χ2n) is 4.07. The van der Waals surface area contributed by atoms with Gasteiger partial charge in [0.1, 0.15) is 6.04 Å². The van der Waals surface area contributed by atoms with Crippen LogP contribution < -0.4 is 5.32 Å². The van der Waals surface area contributed by atoms with E-state index in [2.05, 4.69) is 10.3 Å². The van der Waals surface area contributed by atoms with Gasteiger partial charge in [0.15, 0.2) is 12.2 Å². The lowest BCUT2D eigenvalue weighted by Gasteiger charge is -2.15. The number of carbonyl (C=O) groups is 1. The highest BCUT2D eigenvalue weighted by atomic mass is 16.5. The van der Waals surface area contributed by atoms with Crippen LogP contribution in [0.25, 0.3) is 11.3 Å². The number of aromatic nitrogens is 1. The van der Waals surface area contributed by atoms with Gasteiger partial charge in [-0.2, -0.15) is 0 Å². The fourth-order valence-electron chi connectivity index (χ4n) is 1.76. The number of methoxy groups -OCH3 is 1. The minimum Gasteiger partial charge on any atom is -0.467 e. The summed E-state index contributed by atoms with van der Waals surface area (Å²) in [5.41, 5.74) is 1.80. The van der Waals surface area contributed by atoms with Crippen molar-refractivity contribution < 1.29 is 13.9 Å². The molecule has 0 amide bonds. The molecular formula is C14H16N2O3. The Kier molecular flexibility index (Phi) is 4.18. The largest absolute Gasteiger partial charge is 0.467 e. The summed E-state index contributed by atoms with van der Waals surface area (Å²) in [4.78, 5) is 15.4. The molecule has 0 aliphatic carbocycles. The van der Waals surface area contributed by atoms with Crippen molar-refractivity contribution in [1.29, 1.82) is 0 Å². The molecule has 2 rings (SSSR count). The lowest BCUT2D eigenvalue weighted by atomic mass is 10.1. The first-order valence-electron chi connectivity index (χ1n) is 6.08. The molecule has 0 fully saturated rings. The standard InChI is InChI=1S/C14H16N2O3/c1-3-12(14(17)18-2)16-11-6-4-10(5-7-11)13-8-15-9-19-13/h4-9,12,16H,3H2,1-2H3. The maximum absolute atomic E-state index is 11.5. The second kappa shape index (κ2) is 6.04. The summed E-state index contributed by atoms with van der Waals surface area (Å²) in [5, 5.41) is 3.13. The molecule has 5 heteroatoms. The molecule has 0 aliphatic rings. The number of carbonyl (C=O) groups excluding carboxylic acids is 1. The molecule has 1 aromatic carbocycles. The zero-order valence-electron chi connectivity index (χ0n) is 10.9. The third-order valence-corrected chi connectivity index (χ3v) is 2.84. The van der Waals surface area contributed by atoms with Crippen molar-refractivity contribution in [3.05, 3.63) is 36.9 Å². The second-order valence-corrected chi connectivity index (χ2v) is 4.07. The Morgan fingerprint density at radius 2 is 2.16 bits per heavy atom. The molecule has 1 heterocycles. The monoisotopic (exact) mass is 260 g/mol. The van der Waals surface area contributed by atoms with Gasteiger partial charge in [0.2, 0.25) is 0 Å². The highest BCUT2D eigenvalue weighted by Crippen LogP contribution is 2.21. The van der Waals surface area contributed by atoms with Gasteiger partial charge in [0.05, 0.1) is 13.3 Å². The van der Waals surface area contributed by atoms with Crippen LogP contribution in [0, 0.1) is 0 Å². The van der Waals surface area contributed by atoms with Gasteiger partial charge in [-0.25, -0.2) is 9.78 Å². The van der Waals surface area contributed by atoms with Crippen LogP contribution >= 0.6 is 0 Å². The highest BCUT2D eigenvalue weighted by molar-refractivity contribution is 5.79. The molecule has 1 aromatic heterocycles. The fraction of sp³-hybridized carbons (Fsp3) is 0.286. The number of oxazole rings is 1. The number of nitrogens with zero attached hydrogens (tertiary/aromatic N) is 1. The first kappa shape index (κ1) is 13.1. The number of nitrogens with one attached hydrogen (secondary N) is 1. The van der Waals surface area contributed by atoms with Gasteiger partial charge in [-0.15, -0.1) is 0 Å². The van der Waals surface area contributed by atoms with Gasteiger partial charge in [0, 0.05) is 11.3 Å². The van der Waals surface area contributed by atoms with Crippen molar-refractivity contribution in [3.63, 3.8) is 0 Å². The van der Waals surface area contributed by atoms with Crippen molar-refractivity contribution in [3.8, 4) is 11.3 Å². The first-order valence-corrected chi connectivity index (χ1v) is 6.08. The van der Waals surface area contributed by atoms with Crippen molar-refractivity contribution >= 4 is 11.7 Å². The topological polar surface area (TPSA) is 64.4 Å². The van der Waals surface area contributed by atoms with E-state index in [4.69, 9.17) is 9.15 Å². The summed E-state index contributed by atoms with van der Waals surface area (Å²) in [5.74, 6) is 0.452. The number of ether oxygens (including phenoxy) is 1. The van der Waals surface area contributed by atoms with Crippen LogP contribution in [0.5, 0.6) is 0 Å². The molecule has 2 aromatic rings. The van der Waals surface area contributed by atoms with E-state index < -0.39 is 0 Å². The van der Waals surface area contributed by atoms with Gasteiger partial charge < -0.3 is 14.5 Å². The zero-order chi connectivity index (χ0) is 13.7. The Balaban J connectivity index is 2.08. The number of hydrogen-bond donors (Lipinski definition) is 1. The van der Waals surface area contributed by atoms with Crippen molar-refractivity contribution in [2.75, 3.05) is 12.4 Å². The minimum atomic E-state index is -0.332. The molecule has 0 radical (unpaired) electrons. The number of hydrogen-bond acceptors (Lipinski definition) is 5. The summed E-state index contributed by atoms with van der Waals surface area (Å²) in [6.45, 7) is 1.93. The molecule has 1 atom stereocenters. The van der Waals surface area contributed by atoms with E-state index in [0.717, 1.165) is 11.3 Å². The SMILES string of the molecule is CCC(Nc1ccc(-c2cnco2)cc1)C(=O)OC. The molecule has 19 heavy (non-hydrogen) atoms. The van der Waals surface area contributed by atoms with Crippen LogP contribution in [0.1, 0.15) is 13.3 Å². The molecule has 0 bridgehead atoms. The maximum Gasteiger partial charge on any atom is 0.328 e. The quantitative estimate of drug-likeness (QED) is 0.837. The molecule has 100 valence electrons. The lowest BCUT2D eigenvalue weighted by molar-refractivity contribution is -0.141. The summed E-state index contributed by atoms with van der Waals surface area (Å²) < 4.78 is 9.95. The van der Waals surface area contributed by atoms with E-state index in [-0.39, 0.29) is 12.0 Å². The Labute approximate surface area is 111 Å². The Morgan fingerprint density at radius 3 is 2.68 bits per heavy atom. The first-order chi connectivity index (χ1) is 9.24. The van der Waals surface area contributed by atoms with Crippen LogP contribution in [0.4, 0.5) is 5.69 Å². The van der Waals surface area contributed by atoms with Gasteiger partial charge >= 0.3 is 5.97 Å². The van der Waals surface area contributed by atoms with Crippen molar-refractivity contribution in [1.82, 2.24) is 4.98 Å². The van der Waals surface area contributed by atoms with Gasteiger partial charge in [-0.05, 0) is 30.7 Å². The lowest BCUT2D eigenvalue weighted by Crippen LogP contribution is -2.29. The molecule has 1 N–H and O–H groups in total. The van der Waals surface area contributed by atoms with Crippen LogP contribution in [0.3, 0.4) is 0 Å². The minimum absolute atomic E-state index is 0.262. The molecule has 0 saturated heterocycles. The number of rotatable bonds is 5. The maximum atomic E-state index is 11.5. The van der Waals surface area contributed by atoms with Crippen LogP contribution in [-0.4, -0.2) is 24.1 Å². The number of benzene rings is 1. The summed E-state index contributed by atoms with van der Waals surface area (Å²) in [6, 6.07) is 7.27. The average Bonchev–Trinajstić information content (AvgIpc) is 2.98.